The highest BCUT2D eigenvalue weighted by Crippen LogP contribution is 2.61. The van der Waals surface area contributed by atoms with Crippen LogP contribution in [-0.4, -0.2) is 31.6 Å². The zero-order chi connectivity index (χ0) is 32.2. The van der Waals surface area contributed by atoms with Crippen molar-refractivity contribution in [3.05, 3.63) is 69.5 Å². The Morgan fingerprint density at radius 3 is 2.41 bits per heavy atom. The summed E-state index contributed by atoms with van der Waals surface area (Å²) in [5, 5.41) is 20.7. The second-order valence-corrected chi connectivity index (χ2v) is 19.7. The fraction of sp³-hybridized carbons (Fsp3) is 0.600. The summed E-state index contributed by atoms with van der Waals surface area (Å²) < 4.78 is 53.0. The number of aliphatic hydroxyl groups is 1. The molecular weight excluding hydrogens is 581 g/mol. The van der Waals surface area contributed by atoms with Gasteiger partial charge >= 0.3 is 6.18 Å². The van der Waals surface area contributed by atoms with Crippen molar-refractivity contribution in [1.82, 2.24) is 4.98 Å². The molecule has 5 nitrogen and oxygen atoms in total. The number of hydrogen-bond donors (Lipinski definition) is 1. The van der Waals surface area contributed by atoms with Gasteiger partial charge < -0.3 is 14.3 Å². The third kappa shape index (κ3) is 6.28. The normalized spacial score (nSPS) is 24.8. The van der Waals surface area contributed by atoms with Gasteiger partial charge in [0, 0.05) is 17.0 Å². The number of alkyl halides is 3. The van der Waals surface area contributed by atoms with Crippen molar-refractivity contribution in [1.29, 1.82) is 5.26 Å². The number of hydrogen-bond acceptors (Lipinski definition) is 5. The molecule has 0 amide bonds. The fourth-order valence-corrected chi connectivity index (χ4v) is 8.22. The van der Waals surface area contributed by atoms with E-state index >= 15 is 0 Å². The molecule has 2 aromatic rings. The van der Waals surface area contributed by atoms with Crippen molar-refractivity contribution in [3.8, 4) is 6.07 Å². The van der Waals surface area contributed by atoms with E-state index in [1.54, 1.807) is 6.07 Å². The molecule has 2 aliphatic carbocycles. The number of rotatable bonds is 6. The Bertz CT molecular complexity index is 1480. The Kier molecular flexibility index (Phi) is 8.73. The number of halogens is 3. The van der Waals surface area contributed by atoms with Crippen LogP contribution >= 0.6 is 0 Å². The highest BCUT2D eigenvalue weighted by atomic mass is 28.4. The number of benzene rings is 1. The van der Waals surface area contributed by atoms with E-state index in [4.69, 9.17) is 14.1 Å². The smallest absolute Gasteiger partial charge is 0.410 e. The van der Waals surface area contributed by atoms with Crippen LogP contribution in [0.25, 0.3) is 5.57 Å². The lowest BCUT2D eigenvalue weighted by atomic mass is 9.53. The van der Waals surface area contributed by atoms with Gasteiger partial charge in [-0.05, 0) is 102 Å². The number of aromatic nitrogens is 1. The van der Waals surface area contributed by atoms with Crippen molar-refractivity contribution < 1.29 is 27.4 Å². The molecule has 1 spiro atoms. The van der Waals surface area contributed by atoms with E-state index in [1.165, 1.54) is 28.8 Å². The summed E-state index contributed by atoms with van der Waals surface area (Å²) in [6.07, 6.45) is 0.342. The maximum absolute atomic E-state index is 13.4. The van der Waals surface area contributed by atoms with Gasteiger partial charge in [-0.15, -0.1) is 0 Å². The number of pyridine rings is 1. The van der Waals surface area contributed by atoms with Crippen LogP contribution in [0.1, 0.15) is 118 Å². The fourth-order valence-electron chi connectivity index (χ4n) is 6.96. The second kappa shape index (κ2) is 11.7. The van der Waals surface area contributed by atoms with E-state index in [-0.39, 0.29) is 28.4 Å². The molecule has 5 rings (SSSR count). The summed E-state index contributed by atoms with van der Waals surface area (Å²) in [5.74, 6) is 0.126. The molecule has 1 unspecified atom stereocenters. The lowest BCUT2D eigenvalue weighted by molar-refractivity contribution is -0.137. The van der Waals surface area contributed by atoms with Crippen LogP contribution in [0.5, 0.6) is 0 Å². The quantitative estimate of drug-likeness (QED) is 0.324. The molecule has 44 heavy (non-hydrogen) atoms. The number of ether oxygens (including phenoxy) is 1. The minimum atomic E-state index is -4.62. The summed E-state index contributed by atoms with van der Waals surface area (Å²) in [4.78, 5) is 5.24. The first kappa shape index (κ1) is 32.9. The van der Waals surface area contributed by atoms with Crippen LogP contribution in [0.3, 0.4) is 0 Å². The molecule has 1 N–H and O–H groups in total. The van der Waals surface area contributed by atoms with Crippen molar-refractivity contribution in [3.63, 3.8) is 0 Å². The first-order valence-electron chi connectivity index (χ1n) is 15.7. The van der Waals surface area contributed by atoms with Gasteiger partial charge in [-0.25, -0.2) is 0 Å². The first-order valence-corrected chi connectivity index (χ1v) is 18.6. The van der Waals surface area contributed by atoms with Crippen molar-refractivity contribution in [2.75, 3.05) is 13.2 Å². The van der Waals surface area contributed by atoms with Gasteiger partial charge in [0.05, 0.1) is 42.6 Å². The topological polar surface area (TPSA) is 75.4 Å². The summed E-state index contributed by atoms with van der Waals surface area (Å²) in [6, 6.07) is 7.33. The predicted octanol–water partition coefficient (Wildman–Crippen LogP) is 9.04. The summed E-state index contributed by atoms with van der Waals surface area (Å²) in [7, 11) is -2.19. The van der Waals surface area contributed by atoms with Crippen LogP contribution in [-0.2, 0) is 21.8 Å². The Morgan fingerprint density at radius 1 is 1.14 bits per heavy atom. The monoisotopic (exact) mass is 626 g/mol. The van der Waals surface area contributed by atoms with E-state index in [0.717, 1.165) is 36.7 Å². The number of aliphatic hydroxyl groups excluding tert-OH is 1. The SMILES string of the molecule is CC(C)c1cc(C2=CCOCC2)c2c(n1)CC1(CC(C(O)c3ccc(C(F)(F)F)c(C#N)c3)C1)C[C@@H]2O[Si](C)(C)C(C)(C)C. The first-order chi connectivity index (χ1) is 20.4. The van der Waals surface area contributed by atoms with E-state index < -0.39 is 31.7 Å². The summed E-state index contributed by atoms with van der Waals surface area (Å²) in [6.45, 7) is 16.9. The molecule has 1 aromatic carbocycles. The maximum atomic E-state index is 13.4. The predicted molar refractivity (Wildman–Crippen MR) is 167 cm³/mol. The van der Waals surface area contributed by atoms with Gasteiger partial charge in [-0.1, -0.05) is 46.8 Å². The zero-order valence-corrected chi connectivity index (χ0v) is 27.9. The average molecular weight is 627 g/mol. The van der Waals surface area contributed by atoms with Crippen molar-refractivity contribution >= 4 is 13.9 Å². The zero-order valence-electron chi connectivity index (χ0n) is 26.9. The molecule has 0 saturated heterocycles. The molecule has 1 aromatic heterocycles. The van der Waals surface area contributed by atoms with Gasteiger partial charge in [0.15, 0.2) is 8.32 Å². The standard InChI is InChI=1S/C35H45F3N2O3Si/c1-21(2)28-15-26(22-10-12-42-13-11-22)31-29(40-28)18-34(19-30(31)43-44(6,7)33(3,4)5)16-25(17-34)32(41)23-8-9-27(35(36,37)38)24(14-23)20-39/h8-10,14-15,21,25,30,32,41H,11-13,16-19H2,1-7H3/t25?,30-,32?,34?/m0/s1. The van der Waals surface area contributed by atoms with Crippen molar-refractivity contribution in [2.24, 2.45) is 11.3 Å². The molecule has 1 fully saturated rings. The number of fused-ring (bicyclic) bond motifs is 1. The lowest BCUT2D eigenvalue weighted by Gasteiger charge is -2.55. The Hall–Kier alpha value is -2.51. The van der Waals surface area contributed by atoms with Gasteiger partial charge in [0.25, 0.3) is 0 Å². The third-order valence-electron chi connectivity index (χ3n) is 10.4. The van der Waals surface area contributed by atoms with Gasteiger partial charge in [-0.2, -0.15) is 18.4 Å². The second-order valence-electron chi connectivity index (χ2n) is 14.9. The Morgan fingerprint density at radius 2 is 1.84 bits per heavy atom. The minimum absolute atomic E-state index is 0.0144. The van der Waals surface area contributed by atoms with Gasteiger partial charge in [0.1, 0.15) is 0 Å². The molecule has 9 heteroatoms. The van der Waals surface area contributed by atoms with E-state index in [1.807, 2.05) is 0 Å². The van der Waals surface area contributed by atoms with E-state index in [2.05, 4.69) is 59.9 Å². The van der Waals surface area contributed by atoms with Crippen LogP contribution in [0.15, 0.2) is 30.3 Å². The van der Waals surface area contributed by atoms with E-state index in [0.29, 0.717) is 31.6 Å². The van der Waals surface area contributed by atoms with E-state index in [9.17, 15) is 23.5 Å². The Balaban J connectivity index is 1.50. The molecule has 1 saturated carbocycles. The average Bonchev–Trinajstić information content (AvgIpc) is 2.93. The van der Waals surface area contributed by atoms with Crippen LogP contribution in [0, 0.1) is 22.7 Å². The summed E-state index contributed by atoms with van der Waals surface area (Å²) >= 11 is 0. The highest BCUT2D eigenvalue weighted by Gasteiger charge is 2.53. The van der Waals surface area contributed by atoms with Gasteiger partial charge in [0.2, 0.25) is 0 Å². The molecule has 2 heterocycles. The molecule has 3 aliphatic rings. The number of nitriles is 1. The molecule has 2 atom stereocenters. The minimum Gasteiger partial charge on any atom is -0.410 e. The van der Waals surface area contributed by atoms with Crippen LogP contribution < -0.4 is 0 Å². The van der Waals surface area contributed by atoms with Gasteiger partial charge in [-0.3, -0.25) is 4.98 Å². The highest BCUT2D eigenvalue weighted by molar-refractivity contribution is 6.74. The third-order valence-corrected chi connectivity index (χ3v) is 14.9. The molecule has 238 valence electrons. The lowest BCUT2D eigenvalue weighted by Crippen LogP contribution is -2.49. The maximum Gasteiger partial charge on any atom is 0.417 e. The molecule has 0 bridgehead atoms. The molecular formula is C35H45F3N2O3Si. The molecule has 1 aliphatic heterocycles. The largest absolute Gasteiger partial charge is 0.417 e. The van der Waals surface area contributed by atoms with Crippen LogP contribution in [0.2, 0.25) is 18.1 Å². The molecule has 0 radical (unpaired) electrons. The Labute approximate surface area is 260 Å². The number of nitrogens with zero attached hydrogens (tertiary/aromatic N) is 2. The summed E-state index contributed by atoms with van der Waals surface area (Å²) in [5.41, 5.74) is 4.63. The van der Waals surface area contributed by atoms with Crippen LogP contribution in [0.4, 0.5) is 13.2 Å². The van der Waals surface area contributed by atoms with Crippen molar-refractivity contribution in [2.45, 2.75) is 109 Å².